The highest BCUT2D eigenvalue weighted by molar-refractivity contribution is 5.82. The highest BCUT2D eigenvalue weighted by atomic mass is 16.5. The van der Waals surface area contributed by atoms with E-state index in [1.165, 1.54) is 32.1 Å². The molecule has 1 aromatic rings. The lowest BCUT2D eigenvalue weighted by molar-refractivity contribution is -0.135. The van der Waals surface area contributed by atoms with Gasteiger partial charge in [-0.25, -0.2) is 0 Å². The third-order valence-electron chi connectivity index (χ3n) is 6.11. The van der Waals surface area contributed by atoms with E-state index in [0.717, 1.165) is 17.4 Å². The summed E-state index contributed by atoms with van der Waals surface area (Å²) < 4.78 is 5.48. The van der Waals surface area contributed by atoms with Gasteiger partial charge in [0, 0.05) is 13.2 Å². The summed E-state index contributed by atoms with van der Waals surface area (Å²) in [6.45, 7) is 0. The van der Waals surface area contributed by atoms with E-state index >= 15 is 0 Å². The largest absolute Gasteiger partial charge is 0.367 e. The van der Waals surface area contributed by atoms with Crippen LogP contribution < -0.4 is 5.32 Å². The maximum Gasteiger partial charge on any atom is 0.253 e. The van der Waals surface area contributed by atoms with Gasteiger partial charge in [0.05, 0.1) is 0 Å². The van der Waals surface area contributed by atoms with Crippen LogP contribution in [-0.2, 0) is 9.53 Å². The number of carbonyl (C=O) groups is 1. The van der Waals surface area contributed by atoms with E-state index in [-0.39, 0.29) is 5.91 Å². The molecule has 4 aliphatic carbocycles. The molecule has 3 heteroatoms. The Bertz CT molecular complexity index is 514. The number of hydrogen-bond acceptors (Lipinski definition) is 2. The minimum atomic E-state index is -0.488. The number of benzene rings is 1. The molecule has 0 heterocycles. The predicted octanol–water partition coefficient (Wildman–Crippen LogP) is 3.32. The first-order valence-corrected chi connectivity index (χ1v) is 8.62. The van der Waals surface area contributed by atoms with Gasteiger partial charge in [-0.3, -0.25) is 4.79 Å². The minimum Gasteiger partial charge on any atom is -0.367 e. The number of methoxy groups -OCH3 is 1. The van der Waals surface area contributed by atoms with Crippen LogP contribution in [0.25, 0.3) is 0 Å². The molecule has 22 heavy (non-hydrogen) atoms. The Kier molecular flexibility index (Phi) is 3.69. The fourth-order valence-electron chi connectivity index (χ4n) is 5.42. The second-order valence-corrected chi connectivity index (χ2v) is 7.49. The van der Waals surface area contributed by atoms with Crippen molar-refractivity contribution in [1.29, 1.82) is 0 Å². The number of rotatable bonds is 4. The van der Waals surface area contributed by atoms with E-state index in [1.54, 1.807) is 7.11 Å². The van der Waals surface area contributed by atoms with Gasteiger partial charge in [-0.05, 0) is 61.3 Å². The molecule has 4 fully saturated rings. The highest BCUT2D eigenvalue weighted by Gasteiger charge is 2.48. The zero-order valence-electron chi connectivity index (χ0n) is 13.2. The van der Waals surface area contributed by atoms with Gasteiger partial charge in [-0.15, -0.1) is 0 Å². The van der Waals surface area contributed by atoms with Gasteiger partial charge >= 0.3 is 0 Å². The van der Waals surface area contributed by atoms with Gasteiger partial charge in [0.25, 0.3) is 5.91 Å². The fourth-order valence-corrected chi connectivity index (χ4v) is 5.42. The number of nitrogens with one attached hydrogen (secondary N) is 1. The third kappa shape index (κ3) is 2.45. The first-order chi connectivity index (χ1) is 10.7. The topological polar surface area (TPSA) is 38.3 Å². The zero-order chi connectivity index (χ0) is 15.1. The molecule has 3 nitrogen and oxygen atoms in total. The Morgan fingerprint density at radius 2 is 1.64 bits per heavy atom. The molecule has 4 aliphatic rings. The van der Waals surface area contributed by atoms with Gasteiger partial charge in [0.2, 0.25) is 0 Å². The summed E-state index contributed by atoms with van der Waals surface area (Å²) in [6.07, 6.45) is 6.24. The molecule has 1 amide bonds. The van der Waals surface area contributed by atoms with Crippen LogP contribution in [0.1, 0.15) is 43.8 Å². The molecule has 0 radical (unpaired) electrons. The van der Waals surface area contributed by atoms with E-state index in [0.29, 0.717) is 17.9 Å². The van der Waals surface area contributed by atoms with Crippen LogP contribution in [0.4, 0.5) is 0 Å². The number of hydrogen-bond donors (Lipinski definition) is 1. The summed E-state index contributed by atoms with van der Waals surface area (Å²) >= 11 is 0. The SMILES string of the molecule is COC(C(=O)NC1C2CC3CC(C2)CC1C3)c1ccccc1. The monoisotopic (exact) mass is 299 g/mol. The van der Waals surface area contributed by atoms with Crippen molar-refractivity contribution in [1.82, 2.24) is 5.32 Å². The lowest BCUT2D eigenvalue weighted by Gasteiger charge is -2.54. The first-order valence-electron chi connectivity index (χ1n) is 8.62. The van der Waals surface area contributed by atoms with Crippen LogP contribution in [-0.4, -0.2) is 19.1 Å². The van der Waals surface area contributed by atoms with Crippen molar-refractivity contribution in [3.8, 4) is 0 Å². The van der Waals surface area contributed by atoms with Gasteiger partial charge in [-0.1, -0.05) is 30.3 Å². The van der Waals surface area contributed by atoms with Crippen molar-refractivity contribution >= 4 is 5.91 Å². The van der Waals surface area contributed by atoms with Crippen molar-refractivity contribution in [2.24, 2.45) is 23.7 Å². The molecular formula is C19H25NO2. The smallest absolute Gasteiger partial charge is 0.253 e. The number of ether oxygens (including phenoxy) is 1. The average Bonchev–Trinajstić information content (AvgIpc) is 2.52. The molecule has 0 spiro atoms. The molecule has 5 rings (SSSR count). The minimum absolute atomic E-state index is 0.0335. The Balaban J connectivity index is 1.47. The van der Waals surface area contributed by atoms with Crippen molar-refractivity contribution in [3.63, 3.8) is 0 Å². The zero-order valence-corrected chi connectivity index (χ0v) is 13.2. The molecule has 0 saturated heterocycles. The summed E-state index contributed by atoms with van der Waals surface area (Å²) in [5.41, 5.74) is 0.936. The lowest BCUT2D eigenvalue weighted by Crippen LogP contribution is -2.56. The molecule has 1 atom stereocenters. The molecule has 4 bridgehead atoms. The second kappa shape index (κ2) is 5.69. The van der Waals surface area contributed by atoms with Gasteiger partial charge < -0.3 is 10.1 Å². The van der Waals surface area contributed by atoms with Crippen LogP contribution in [0.3, 0.4) is 0 Å². The maximum absolute atomic E-state index is 12.7. The molecule has 118 valence electrons. The van der Waals surface area contributed by atoms with Crippen molar-refractivity contribution < 1.29 is 9.53 Å². The Hall–Kier alpha value is -1.35. The summed E-state index contributed by atoms with van der Waals surface area (Å²) in [4.78, 5) is 12.7. The average molecular weight is 299 g/mol. The van der Waals surface area contributed by atoms with Crippen LogP contribution in [0, 0.1) is 23.7 Å². The van der Waals surface area contributed by atoms with E-state index < -0.39 is 6.10 Å². The van der Waals surface area contributed by atoms with Crippen molar-refractivity contribution in [2.45, 2.75) is 44.2 Å². The molecule has 4 saturated carbocycles. The van der Waals surface area contributed by atoms with Gasteiger partial charge in [0.1, 0.15) is 0 Å². The number of amides is 1. The van der Waals surface area contributed by atoms with E-state index in [1.807, 2.05) is 30.3 Å². The summed E-state index contributed by atoms with van der Waals surface area (Å²) in [5.74, 6) is 3.30. The van der Waals surface area contributed by atoms with Gasteiger partial charge in [-0.2, -0.15) is 0 Å². The molecule has 1 aromatic carbocycles. The Morgan fingerprint density at radius 3 is 2.18 bits per heavy atom. The molecule has 0 aromatic heterocycles. The molecular weight excluding hydrogens is 274 g/mol. The van der Waals surface area contributed by atoms with Gasteiger partial charge in [0.15, 0.2) is 6.10 Å². The lowest BCUT2D eigenvalue weighted by atomic mass is 9.54. The summed E-state index contributed by atoms with van der Waals surface area (Å²) in [6, 6.07) is 10.2. The summed E-state index contributed by atoms with van der Waals surface area (Å²) in [7, 11) is 1.62. The predicted molar refractivity (Wildman–Crippen MR) is 85.2 cm³/mol. The fraction of sp³-hybridized carbons (Fsp3) is 0.632. The molecule has 0 aliphatic heterocycles. The van der Waals surface area contributed by atoms with Crippen LogP contribution >= 0.6 is 0 Å². The maximum atomic E-state index is 12.7. The summed E-state index contributed by atoms with van der Waals surface area (Å²) in [5, 5.41) is 3.35. The van der Waals surface area contributed by atoms with Crippen molar-refractivity contribution in [3.05, 3.63) is 35.9 Å². The second-order valence-electron chi connectivity index (χ2n) is 7.49. The van der Waals surface area contributed by atoms with Crippen molar-refractivity contribution in [2.75, 3.05) is 7.11 Å². The molecule has 1 unspecified atom stereocenters. The quantitative estimate of drug-likeness (QED) is 0.926. The standard InChI is InChI=1S/C19H25NO2/c1-22-18(14-5-3-2-4-6-14)19(21)20-17-15-8-12-7-13(10-15)11-16(17)9-12/h2-6,12-13,15-18H,7-11H2,1H3,(H,20,21). The van der Waals surface area contributed by atoms with E-state index in [9.17, 15) is 4.79 Å². The highest BCUT2D eigenvalue weighted by Crippen LogP contribution is 2.53. The first kappa shape index (κ1) is 14.3. The Labute approximate surface area is 132 Å². The van der Waals surface area contributed by atoms with E-state index in [4.69, 9.17) is 4.74 Å². The van der Waals surface area contributed by atoms with Crippen LogP contribution in [0.2, 0.25) is 0 Å². The number of carbonyl (C=O) groups excluding carboxylic acids is 1. The molecule has 1 N–H and O–H groups in total. The van der Waals surface area contributed by atoms with Crippen LogP contribution in [0.15, 0.2) is 30.3 Å². The third-order valence-corrected chi connectivity index (χ3v) is 6.11. The Morgan fingerprint density at radius 1 is 1.05 bits per heavy atom. The van der Waals surface area contributed by atoms with Crippen LogP contribution in [0.5, 0.6) is 0 Å². The normalized spacial score (nSPS) is 37.0. The van der Waals surface area contributed by atoms with E-state index in [2.05, 4.69) is 5.32 Å².